The third-order valence-corrected chi connectivity index (χ3v) is 3.65. The smallest absolute Gasteiger partial charge is 0.357 e. The highest BCUT2D eigenvalue weighted by Crippen LogP contribution is 2.29. The highest BCUT2D eigenvalue weighted by molar-refractivity contribution is 5.96. The number of carbonyl (C=O) groups excluding carboxylic acids is 1. The summed E-state index contributed by atoms with van der Waals surface area (Å²) in [5.74, 6) is -0.610. The van der Waals surface area contributed by atoms with Crippen LogP contribution in [-0.4, -0.2) is 17.6 Å². The Labute approximate surface area is 140 Å². The molecule has 0 fully saturated rings. The number of methoxy groups -OCH3 is 1. The molecule has 120 valence electrons. The molecule has 0 aliphatic carbocycles. The van der Waals surface area contributed by atoms with Crippen LogP contribution in [0.1, 0.15) is 32.7 Å². The van der Waals surface area contributed by atoms with Crippen molar-refractivity contribution in [2.75, 3.05) is 12.8 Å². The second-order valence-electron chi connectivity index (χ2n) is 5.24. The molecule has 0 saturated carbocycles. The number of rotatable bonds is 3. The lowest BCUT2D eigenvalue weighted by Gasteiger charge is -2.15. The van der Waals surface area contributed by atoms with E-state index in [-0.39, 0.29) is 16.9 Å². The predicted molar refractivity (Wildman–Crippen MR) is 90.4 cm³/mol. The summed E-state index contributed by atoms with van der Waals surface area (Å²) in [6.45, 7) is 3.77. The molecular formula is C18H16N4O2. The first-order valence-corrected chi connectivity index (χ1v) is 7.11. The topological polar surface area (TPSA) is 105 Å². The predicted octanol–water partition coefficient (Wildman–Crippen LogP) is 2.87. The number of esters is 1. The van der Waals surface area contributed by atoms with E-state index >= 15 is 0 Å². The zero-order valence-electron chi connectivity index (χ0n) is 13.6. The Balaban J connectivity index is 2.74. The summed E-state index contributed by atoms with van der Waals surface area (Å²) in [7, 11) is 1.26. The van der Waals surface area contributed by atoms with Crippen molar-refractivity contribution in [1.82, 2.24) is 4.57 Å². The van der Waals surface area contributed by atoms with Crippen molar-refractivity contribution in [2.24, 2.45) is 0 Å². The number of nitrogen functional groups attached to an aromatic ring is 1. The van der Waals surface area contributed by atoms with Crippen LogP contribution in [0.2, 0.25) is 0 Å². The van der Waals surface area contributed by atoms with Crippen LogP contribution in [-0.2, 0) is 4.74 Å². The largest absolute Gasteiger partial charge is 0.464 e. The maximum Gasteiger partial charge on any atom is 0.357 e. The Morgan fingerprint density at radius 2 is 1.92 bits per heavy atom. The SMILES string of the molecule is COC(=O)c1c(N)c(C#N)cn1-c1c(C)cc(C=CC#N)cc1C. The van der Waals surface area contributed by atoms with Crippen LogP contribution in [0.25, 0.3) is 11.8 Å². The first-order chi connectivity index (χ1) is 11.4. The minimum Gasteiger partial charge on any atom is -0.464 e. The molecule has 1 heterocycles. The monoisotopic (exact) mass is 320 g/mol. The third-order valence-electron chi connectivity index (χ3n) is 3.65. The van der Waals surface area contributed by atoms with E-state index in [0.717, 1.165) is 22.4 Å². The van der Waals surface area contributed by atoms with Gasteiger partial charge in [0.15, 0.2) is 5.69 Å². The molecule has 2 N–H and O–H groups in total. The lowest BCUT2D eigenvalue weighted by Crippen LogP contribution is -2.12. The lowest BCUT2D eigenvalue weighted by atomic mass is 10.0. The molecule has 0 aliphatic heterocycles. The van der Waals surface area contributed by atoms with Gasteiger partial charge in [-0.1, -0.05) is 0 Å². The Bertz CT molecular complexity index is 901. The fraction of sp³-hybridized carbons (Fsp3) is 0.167. The molecule has 1 aromatic carbocycles. The Hall–Kier alpha value is -3.51. The number of allylic oxidation sites excluding steroid dienone is 1. The number of anilines is 1. The van der Waals surface area contributed by atoms with Crippen LogP contribution in [0.4, 0.5) is 5.69 Å². The summed E-state index contributed by atoms with van der Waals surface area (Å²) in [6, 6.07) is 7.71. The van der Waals surface area contributed by atoms with Crippen molar-refractivity contribution in [1.29, 1.82) is 10.5 Å². The first kappa shape index (κ1) is 16.9. The molecule has 6 heteroatoms. The summed E-state index contributed by atoms with van der Waals surface area (Å²) in [4.78, 5) is 12.1. The molecule has 0 amide bonds. The van der Waals surface area contributed by atoms with Gasteiger partial charge in [-0.15, -0.1) is 0 Å². The van der Waals surface area contributed by atoms with Gasteiger partial charge in [-0.3, -0.25) is 0 Å². The van der Waals surface area contributed by atoms with Gasteiger partial charge in [0, 0.05) is 12.3 Å². The maximum absolute atomic E-state index is 12.1. The summed E-state index contributed by atoms with van der Waals surface area (Å²) >= 11 is 0. The molecular weight excluding hydrogens is 304 g/mol. The molecule has 2 rings (SSSR count). The van der Waals surface area contributed by atoms with Gasteiger partial charge in [-0.25, -0.2) is 4.79 Å². The molecule has 2 aromatic rings. The van der Waals surface area contributed by atoms with Gasteiger partial charge < -0.3 is 15.0 Å². The molecule has 0 saturated heterocycles. The van der Waals surface area contributed by atoms with Crippen molar-refractivity contribution in [3.05, 3.63) is 52.4 Å². The molecule has 0 atom stereocenters. The number of benzene rings is 1. The van der Waals surface area contributed by atoms with Gasteiger partial charge in [0.2, 0.25) is 0 Å². The normalized spacial score (nSPS) is 10.4. The molecule has 6 nitrogen and oxygen atoms in total. The fourth-order valence-electron chi connectivity index (χ4n) is 2.69. The summed E-state index contributed by atoms with van der Waals surface area (Å²) in [5, 5.41) is 17.8. The van der Waals surface area contributed by atoms with E-state index in [4.69, 9.17) is 15.7 Å². The van der Waals surface area contributed by atoms with Crippen molar-refractivity contribution < 1.29 is 9.53 Å². The number of hydrogen-bond acceptors (Lipinski definition) is 5. The average Bonchev–Trinajstić information content (AvgIpc) is 2.88. The van der Waals surface area contributed by atoms with Gasteiger partial charge in [-0.2, -0.15) is 10.5 Å². The lowest BCUT2D eigenvalue weighted by molar-refractivity contribution is 0.0593. The van der Waals surface area contributed by atoms with Gasteiger partial charge in [0.05, 0.1) is 30.1 Å². The average molecular weight is 320 g/mol. The van der Waals surface area contributed by atoms with E-state index in [0.29, 0.717) is 0 Å². The maximum atomic E-state index is 12.1. The first-order valence-electron chi connectivity index (χ1n) is 7.11. The second-order valence-corrected chi connectivity index (χ2v) is 5.24. The summed E-state index contributed by atoms with van der Waals surface area (Å²) < 4.78 is 6.38. The van der Waals surface area contributed by atoms with Crippen LogP contribution in [0, 0.1) is 36.5 Å². The molecule has 0 unspecified atom stereocenters. The van der Waals surface area contributed by atoms with Crippen LogP contribution in [0.5, 0.6) is 0 Å². The third kappa shape index (κ3) is 2.86. The molecule has 0 radical (unpaired) electrons. The van der Waals surface area contributed by atoms with E-state index in [1.807, 2.05) is 38.1 Å². The quantitative estimate of drug-likeness (QED) is 0.691. The number of hydrogen-bond donors (Lipinski definition) is 1. The zero-order chi connectivity index (χ0) is 17.9. The van der Waals surface area contributed by atoms with E-state index in [1.54, 1.807) is 10.6 Å². The van der Waals surface area contributed by atoms with E-state index < -0.39 is 5.97 Å². The van der Waals surface area contributed by atoms with Crippen LogP contribution < -0.4 is 5.73 Å². The number of aryl methyl sites for hydroxylation is 2. The Morgan fingerprint density at radius 1 is 1.29 bits per heavy atom. The number of nitrogens with two attached hydrogens (primary N) is 1. The zero-order valence-corrected chi connectivity index (χ0v) is 13.6. The summed E-state index contributed by atoms with van der Waals surface area (Å²) in [6.07, 6.45) is 4.63. The number of nitriles is 2. The number of aromatic nitrogens is 1. The molecule has 0 aliphatic rings. The number of ether oxygens (including phenoxy) is 1. The van der Waals surface area contributed by atoms with Crippen molar-refractivity contribution in [3.8, 4) is 17.8 Å². The Morgan fingerprint density at radius 3 is 2.42 bits per heavy atom. The molecule has 24 heavy (non-hydrogen) atoms. The van der Waals surface area contributed by atoms with Gasteiger partial charge in [0.1, 0.15) is 6.07 Å². The molecule has 0 spiro atoms. The standard InChI is InChI=1S/C18H16N4O2/c1-11-7-13(5-4-6-19)8-12(2)16(11)22-10-14(9-20)15(21)17(22)18(23)24-3/h4-5,7-8,10H,21H2,1-3H3. The highest BCUT2D eigenvalue weighted by Gasteiger charge is 2.23. The van der Waals surface area contributed by atoms with E-state index in [1.165, 1.54) is 19.4 Å². The van der Waals surface area contributed by atoms with Crippen LogP contribution in [0.3, 0.4) is 0 Å². The van der Waals surface area contributed by atoms with E-state index in [2.05, 4.69) is 0 Å². The highest BCUT2D eigenvalue weighted by atomic mass is 16.5. The second kappa shape index (κ2) is 6.72. The van der Waals surface area contributed by atoms with Crippen LogP contribution >= 0.6 is 0 Å². The van der Waals surface area contributed by atoms with Crippen molar-refractivity contribution in [2.45, 2.75) is 13.8 Å². The summed E-state index contributed by atoms with van der Waals surface area (Å²) in [5.41, 5.74) is 9.73. The van der Waals surface area contributed by atoms with Gasteiger partial charge >= 0.3 is 5.97 Å². The molecule has 1 aromatic heterocycles. The Kier molecular flexibility index (Phi) is 4.72. The minimum absolute atomic E-state index is 0.0941. The van der Waals surface area contributed by atoms with Gasteiger partial charge in [-0.05, 0) is 48.7 Å². The van der Waals surface area contributed by atoms with Crippen LogP contribution in [0.15, 0.2) is 24.4 Å². The molecule has 0 bridgehead atoms. The van der Waals surface area contributed by atoms with Crippen molar-refractivity contribution in [3.63, 3.8) is 0 Å². The number of carbonyl (C=O) groups is 1. The van der Waals surface area contributed by atoms with E-state index in [9.17, 15) is 10.1 Å². The van der Waals surface area contributed by atoms with Gasteiger partial charge in [0.25, 0.3) is 0 Å². The minimum atomic E-state index is -0.610. The van der Waals surface area contributed by atoms with Crippen molar-refractivity contribution >= 4 is 17.7 Å². The fourth-order valence-corrected chi connectivity index (χ4v) is 2.69. The number of nitrogens with zero attached hydrogens (tertiary/aromatic N) is 3.